The zero-order valence-electron chi connectivity index (χ0n) is 11.0. The van der Waals surface area contributed by atoms with E-state index in [2.05, 4.69) is 28.3 Å². The molecule has 1 aromatic heterocycles. The topological polar surface area (TPSA) is 47.1 Å². The number of nitrogens with two attached hydrogens (primary N) is 1. The summed E-state index contributed by atoms with van der Waals surface area (Å²) in [6.07, 6.45) is 6.65. The van der Waals surface area contributed by atoms with E-state index in [1.54, 1.807) is 0 Å². The van der Waals surface area contributed by atoms with Gasteiger partial charge in [0.25, 0.3) is 0 Å². The Labute approximate surface area is 104 Å². The van der Waals surface area contributed by atoms with Crippen LogP contribution in [-0.2, 0) is 6.54 Å². The lowest BCUT2D eigenvalue weighted by Gasteiger charge is -2.30. The molecule has 1 aliphatic carbocycles. The van der Waals surface area contributed by atoms with E-state index in [0.717, 1.165) is 19.0 Å². The molecule has 1 aliphatic rings. The molecule has 4 nitrogen and oxygen atoms in total. The van der Waals surface area contributed by atoms with E-state index >= 15 is 0 Å². The number of nitrogens with zero attached hydrogens (tertiary/aromatic N) is 3. The Hall–Kier alpha value is -0.870. The van der Waals surface area contributed by atoms with Crippen LogP contribution in [0.1, 0.15) is 38.4 Å². The fourth-order valence-electron chi connectivity index (χ4n) is 2.44. The SMILES string of the molecule is CCN(CC1CC1)C(CN)c1cncn1CC. The van der Waals surface area contributed by atoms with Crippen LogP contribution in [0.3, 0.4) is 0 Å². The first-order valence-electron chi connectivity index (χ1n) is 6.74. The lowest BCUT2D eigenvalue weighted by molar-refractivity contribution is 0.196. The van der Waals surface area contributed by atoms with Gasteiger partial charge in [-0.3, -0.25) is 4.90 Å². The van der Waals surface area contributed by atoms with Gasteiger partial charge in [-0.05, 0) is 32.2 Å². The van der Waals surface area contributed by atoms with Crippen molar-refractivity contribution >= 4 is 0 Å². The molecule has 1 heterocycles. The first-order chi connectivity index (χ1) is 8.30. The number of hydrogen-bond acceptors (Lipinski definition) is 3. The fraction of sp³-hybridized carbons (Fsp3) is 0.769. The van der Waals surface area contributed by atoms with Gasteiger partial charge < -0.3 is 10.3 Å². The maximum Gasteiger partial charge on any atom is 0.0948 e. The molecule has 96 valence electrons. The van der Waals surface area contributed by atoms with Crippen LogP contribution in [0, 0.1) is 5.92 Å². The van der Waals surface area contributed by atoms with Crippen molar-refractivity contribution in [1.29, 1.82) is 0 Å². The normalized spacial score (nSPS) is 17.6. The van der Waals surface area contributed by atoms with Crippen LogP contribution in [0.15, 0.2) is 12.5 Å². The largest absolute Gasteiger partial charge is 0.333 e. The van der Waals surface area contributed by atoms with Crippen molar-refractivity contribution in [1.82, 2.24) is 14.5 Å². The predicted octanol–water partition coefficient (Wildman–Crippen LogP) is 1.63. The average molecular weight is 236 g/mol. The average Bonchev–Trinajstić information content (AvgIpc) is 3.05. The summed E-state index contributed by atoms with van der Waals surface area (Å²) in [5, 5.41) is 0. The van der Waals surface area contributed by atoms with Crippen molar-refractivity contribution < 1.29 is 0 Å². The van der Waals surface area contributed by atoms with Crippen molar-refractivity contribution in [2.45, 2.75) is 39.3 Å². The van der Waals surface area contributed by atoms with Crippen molar-refractivity contribution in [2.75, 3.05) is 19.6 Å². The molecule has 0 aliphatic heterocycles. The van der Waals surface area contributed by atoms with Crippen LogP contribution < -0.4 is 5.73 Å². The molecule has 17 heavy (non-hydrogen) atoms. The molecule has 1 unspecified atom stereocenters. The van der Waals surface area contributed by atoms with Gasteiger partial charge in [-0.1, -0.05) is 6.92 Å². The zero-order valence-corrected chi connectivity index (χ0v) is 11.0. The third kappa shape index (κ3) is 2.87. The summed E-state index contributed by atoms with van der Waals surface area (Å²) in [6.45, 7) is 8.26. The van der Waals surface area contributed by atoms with Gasteiger partial charge in [0.1, 0.15) is 0 Å². The molecule has 2 rings (SSSR count). The van der Waals surface area contributed by atoms with Gasteiger partial charge in [-0.15, -0.1) is 0 Å². The molecule has 0 spiro atoms. The Morgan fingerprint density at radius 2 is 2.29 bits per heavy atom. The molecule has 1 saturated carbocycles. The Morgan fingerprint density at radius 3 is 2.82 bits per heavy atom. The maximum absolute atomic E-state index is 5.98. The lowest BCUT2D eigenvalue weighted by atomic mass is 10.1. The van der Waals surface area contributed by atoms with Crippen molar-refractivity contribution in [2.24, 2.45) is 11.7 Å². The van der Waals surface area contributed by atoms with Crippen molar-refractivity contribution in [3.63, 3.8) is 0 Å². The first kappa shape index (κ1) is 12.6. The van der Waals surface area contributed by atoms with Gasteiger partial charge in [0.05, 0.1) is 18.1 Å². The van der Waals surface area contributed by atoms with E-state index in [0.29, 0.717) is 12.6 Å². The summed E-state index contributed by atoms with van der Waals surface area (Å²) < 4.78 is 2.20. The minimum absolute atomic E-state index is 0.322. The number of aromatic nitrogens is 2. The summed E-state index contributed by atoms with van der Waals surface area (Å²) in [5.41, 5.74) is 7.24. The fourth-order valence-corrected chi connectivity index (χ4v) is 2.44. The van der Waals surface area contributed by atoms with Gasteiger partial charge in [0.15, 0.2) is 0 Å². The summed E-state index contributed by atoms with van der Waals surface area (Å²) >= 11 is 0. The molecule has 1 aromatic rings. The van der Waals surface area contributed by atoms with Crippen LogP contribution in [0.5, 0.6) is 0 Å². The van der Waals surface area contributed by atoms with Gasteiger partial charge in [-0.25, -0.2) is 4.98 Å². The molecule has 4 heteroatoms. The molecule has 2 N–H and O–H groups in total. The standard InChI is InChI=1S/C13H24N4/c1-3-16(9-11-5-6-11)12(7-14)13-8-15-10-17(13)4-2/h8,10-12H,3-7,9,14H2,1-2H3. The number of likely N-dealkylation sites (N-methyl/N-ethyl adjacent to an activating group) is 1. The summed E-state index contributed by atoms with van der Waals surface area (Å²) in [6, 6.07) is 0.322. The van der Waals surface area contributed by atoms with E-state index in [9.17, 15) is 0 Å². The quantitative estimate of drug-likeness (QED) is 0.783. The zero-order chi connectivity index (χ0) is 12.3. The summed E-state index contributed by atoms with van der Waals surface area (Å²) in [7, 11) is 0. The van der Waals surface area contributed by atoms with E-state index < -0.39 is 0 Å². The Balaban J connectivity index is 2.12. The molecule has 0 amide bonds. The van der Waals surface area contributed by atoms with Gasteiger partial charge in [-0.2, -0.15) is 0 Å². The van der Waals surface area contributed by atoms with E-state index in [1.807, 2.05) is 12.5 Å². The lowest BCUT2D eigenvalue weighted by Crippen LogP contribution is -2.36. The number of aryl methyl sites for hydroxylation is 1. The Bertz CT molecular complexity index is 343. The Morgan fingerprint density at radius 1 is 1.53 bits per heavy atom. The van der Waals surface area contributed by atoms with Crippen molar-refractivity contribution in [3.05, 3.63) is 18.2 Å². The second-order valence-corrected chi connectivity index (χ2v) is 4.89. The number of hydrogen-bond donors (Lipinski definition) is 1. The molecular weight excluding hydrogens is 212 g/mol. The molecule has 0 aromatic carbocycles. The molecule has 1 fully saturated rings. The highest BCUT2D eigenvalue weighted by Gasteiger charge is 2.28. The molecule has 1 atom stereocenters. The highest BCUT2D eigenvalue weighted by Crippen LogP contribution is 2.32. The van der Waals surface area contributed by atoms with Gasteiger partial charge in [0, 0.05) is 25.8 Å². The van der Waals surface area contributed by atoms with Crippen LogP contribution in [0.4, 0.5) is 0 Å². The maximum atomic E-state index is 5.98. The second kappa shape index (κ2) is 5.65. The first-order valence-corrected chi connectivity index (χ1v) is 6.74. The predicted molar refractivity (Wildman–Crippen MR) is 69.7 cm³/mol. The number of rotatable bonds is 7. The highest BCUT2D eigenvalue weighted by molar-refractivity contribution is 5.07. The third-order valence-electron chi connectivity index (χ3n) is 3.69. The van der Waals surface area contributed by atoms with Crippen LogP contribution in [0.25, 0.3) is 0 Å². The minimum atomic E-state index is 0.322. The molecular formula is C13H24N4. The van der Waals surface area contributed by atoms with Crippen molar-refractivity contribution in [3.8, 4) is 0 Å². The van der Waals surface area contributed by atoms with E-state index in [-0.39, 0.29) is 0 Å². The van der Waals surface area contributed by atoms with Gasteiger partial charge in [0.2, 0.25) is 0 Å². The monoisotopic (exact) mass is 236 g/mol. The Kier molecular flexibility index (Phi) is 4.18. The van der Waals surface area contributed by atoms with Crippen LogP contribution in [-0.4, -0.2) is 34.1 Å². The van der Waals surface area contributed by atoms with Gasteiger partial charge >= 0.3 is 0 Å². The molecule has 0 bridgehead atoms. The smallest absolute Gasteiger partial charge is 0.0948 e. The number of imidazole rings is 1. The minimum Gasteiger partial charge on any atom is -0.333 e. The molecule has 0 saturated heterocycles. The van der Waals surface area contributed by atoms with E-state index in [1.165, 1.54) is 25.1 Å². The highest BCUT2D eigenvalue weighted by atomic mass is 15.2. The summed E-state index contributed by atoms with van der Waals surface area (Å²) in [5.74, 6) is 0.905. The van der Waals surface area contributed by atoms with Crippen LogP contribution >= 0.6 is 0 Å². The summed E-state index contributed by atoms with van der Waals surface area (Å²) in [4.78, 5) is 6.75. The third-order valence-corrected chi connectivity index (χ3v) is 3.69. The second-order valence-electron chi connectivity index (χ2n) is 4.89. The molecule has 0 radical (unpaired) electrons. The van der Waals surface area contributed by atoms with Crippen LogP contribution in [0.2, 0.25) is 0 Å². The van der Waals surface area contributed by atoms with E-state index in [4.69, 9.17) is 5.73 Å².